The molecule has 0 saturated heterocycles. The van der Waals surface area contributed by atoms with Crippen molar-refractivity contribution in [3.63, 3.8) is 0 Å². The number of hydrazone groups is 1. The van der Waals surface area contributed by atoms with Crippen molar-refractivity contribution < 1.29 is 19.1 Å². The number of carbonyl (C=O) groups excluding carboxylic acids is 2. The molecule has 0 spiro atoms. The van der Waals surface area contributed by atoms with Crippen LogP contribution in [0.2, 0.25) is 0 Å². The van der Waals surface area contributed by atoms with Gasteiger partial charge in [-0.15, -0.1) is 0 Å². The van der Waals surface area contributed by atoms with Crippen LogP contribution in [0.1, 0.15) is 30.9 Å². The molecule has 140 valence electrons. The Morgan fingerprint density at radius 2 is 1.78 bits per heavy atom. The van der Waals surface area contributed by atoms with Gasteiger partial charge in [0.15, 0.2) is 11.5 Å². The normalized spacial score (nSPS) is 12.2. The molecule has 3 rings (SSSR count). The molecule has 0 fully saturated rings. The summed E-state index contributed by atoms with van der Waals surface area (Å²) in [5, 5.41) is 6.67. The second kappa shape index (κ2) is 8.84. The number of fused-ring (bicyclic) bond motifs is 1. The molecular formula is C20H21N3O4. The second-order valence-corrected chi connectivity index (χ2v) is 6.00. The van der Waals surface area contributed by atoms with Gasteiger partial charge in [0.1, 0.15) is 0 Å². The van der Waals surface area contributed by atoms with E-state index >= 15 is 0 Å². The Morgan fingerprint density at radius 1 is 1.04 bits per heavy atom. The fraction of sp³-hybridized carbons (Fsp3) is 0.250. The van der Waals surface area contributed by atoms with E-state index in [-0.39, 0.29) is 31.4 Å². The Bertz CT molecular complexity index is 847. The van der Waals surface area contributed by atoms with Crippen molar-refractivity contribution in [1.29, 1.82) is 0 Å². The van der Waals surface area contributed by atoms with Gasteiger partial charge in [-0.2, -0.15) is 5.10 Å². The first-order valence-corrected chi connectivity index (χ1v) is 8.74. The number of nitrogens with one attached hydrogen (secondary N) is 2. The van der Waals surface area contributed by atoms with Gasteiger partial charge in [0, 0.05) is 18.5 Å². The number of rotatable bonds is 7. The minimum absolute atomic E-state index is 0.0529. The van der Waals surface area contributed by atoms with Crippen LogP contribution in [0.4, 0.5) is 5.69 Å². The maximum atomic E-state index is 11.9. The number of nitrogens with zero attached hydrogens (tertiary/aromatic N) is 1. The maximum Gasteiger partial charge on any atom is 0.240 e. The van der Waals surface area contributed by atoms with E-state index in [4.69, 9.17) is 9.47 Å². The molecule has 27 heavy (non-hydrogen) atoms. The van der Waals surface area contributed by atoms with Crippen molar-refractivity contribution in [3.8, 4) is 11.5 Å². The molecule has 2 aromatic rings. The van der Waals surface area contributed by atoms with E-state index in [0.29, 0.717) is 11.5 Å². The number of amides is 2. The molecule has 2 N–H and O–H groups in total. The highest BCUT2D eigenvalue weighted by atomic mass is 16.7. The van der Waals surface area contributed by atoms with Crippen LogP contribution in [0.3, 0.4) is 0 Å². The fourth-order valence-electron chi connectivity index (χ4n) is 2.50. The highest BCUT2D eigenvalue weighted by Gasteiger charge is 2.12. The highest BCUT2D eigenvalue weighted by molar-refractivity contribution is 5.93. The summed E-state index contributed by atoms with van der Waals surface area (Å²) >= 11 is 0. The largest absolute Gasteiger partial charge is 0.454 e. The topological polar surface area (TPSA) is 89.0 Å². The summed E-state index contributed by atoms with van der Waals surface area (Å²) in [5.74, 6) is 0.790. The summed E-state index contributed by atoms with van der Waals surface area (Å²) in [6.45, 7) is 2.28. The predicted molar refractivity (Wildman–Crippen MR) is 102 cm³/mol. The summed E-state index contributed by atoms with van der Waals surface area (Å²) in [5.41, 5.74) is 5.11. The third-order valence-electron chi connectivity index (χ3n) is 4.02. The predicted octanol–water partition coefficient (Wildman–Crippen LogP) is 2.85. The van der Waals surface area contributed by atoms with Crippen molar-refractivity contribution in [2.75, 3.05) is 12.1 Å². The van der Waals surface area contributed by atoms with Gasteiger partial charge < -0.3 is 14.8 Å². The average molecular weight is 367 g/mol. The van der Waals surface area contributed by atoms with Gasteiger partial charge in [-0.25, -0.2) is 5.43 Å². The molecule has 0 saturated carbocycles. The van der Waals surface area contributed by atoms with Crippen LogP contribution in [0.25, 0.3) is 0 Å². The van der Waals surface area contributed by atoms with Gasteiger partial charge in [0.25, 0.3) is 0 Å². The Hall–Kier alpha value is -3.35. The number of aryl methyl sites for hydroxylation is 1. The van der Waals surface area contributed by atoms with Crippen LogP contribution in [0, 0.1) is 0 Å². The highest BCUT2D eigenvalue weighted by Crippen LogP contribution is 2.31. The van der Waals surface area contributed by atoms with E-state index in [1.807, 2.05) is 24.3 Å². The molecule has 1 heterocycles. The standard InChI is InChI=1S/C20H21N3O4/c1-2-14-3-6-16(7-4-14)22-19(24)9-10-20(25)23-21-12-15-5-8-17-18(11-15)27-13-26-17/h3-8,11-12H,2,9-10,13H2,1H3,(H,22,24)(H,23,25)/b21-12+. The quantitative estimate of drug-likeness (QED) is 0.582. The third-order valence-corrected chi connectivity index (χ3v) is 4.02. The Labute approximate surface area is 157 Å². The summed E-state index contributed by atoms with van der Waals surface area (Å²) in [4.78, 5) is 23.7. The van der Waals surface area contributed by atoms with E-state index in [9.17, 15) is 9.59 Å². The zero-order chi connectivity index (χ0) is 19.1. The molecule has 0 bridgehead atoms. The molecule has 1 aliphatic heterocycles. The zero-order valence-corrected chi connectivity index (χ0v) is 15.0. The third kappa shape index (κ3) is 5.31. The molecule has 0 radical (unpaired) electrons. The van der Waals surface area contributed by atoms with Gasteiger partial charge >= 0.3 is 0 Å². The number of carbonyl (C=O) groups is 2. The van der Waals surface area contributed by atoms with Crippen LogP contribution in [0.5, 0.6) is 11.5 Å². The van der Waals surface area contributed by atoms with E-state index in [2.05, 4.69) is 22.8 Å². The lowest BCUT2D eigenvalue weighted by atomic mass is 10.1. The summed E-state index contributed by atoms with van der Waals surface area (Å²) < 4.78 is 10.5. The van der Waals surface area contributed by atoms with E-state index < -0.39 is 0 Å². The van der Waals surface area contributed by atoms with Gasteiger partial charge in [-0.05, 0) is 47.9 Å². The van der Waals surface area contributed by atoms with Crippen LogP contribution in [0.15, 0.2) is 47.6 Å². The monoisotopic (exact) mass is 367 g/mol. The van der Waals surface area contributed by atoms with Crippen LogP contribution >= 0.6 is 0 Å². The molecule has 7 nitrogen and oxygen atoms in total. The number of ether oxygens (including phenoxy) is 2. The van der Waals surface area contributed by atoms with Crippen molar-refractivity contribution in [3.05, 3.63) is 53.6 Å². The lowest BCUT2D eigenvalue weighted by Gasteiger charge is -2.05. The minimum atomic E-state index is -0.330. The van der Waals surface area contributed by atoms with E-state index in [1.54, 1.807) is 18.2 Å². The van der Waals surface area contributed by atoms with Crippen molar-refractivity contribution in [1.82, 2.24) is 5.43 Å². The minimum Gasteiger partial charge on any atom is -0.454 e. The first kappa shape index (κ1) is 18.4. The Balaban J connectivity index is 1.40. The number of hydrogen-bond acceptors (Lipinski definition) is 5. The summed E-state index contributed by atoms with van der Waals surface area (Å²) in [6.07, 6.45) is 2.59. The number of anilines is 1. The molecule has 0 aliphatic carbocycles. The molecular weight excluding hydrogens is 346 g/mol. The van der Waals surface area contributed by atoms with Crippen LogP contribution < -0.4 is 20.2 Å². The van der Waals surface area contributed by atoms with Gasteiger partial charge in [-0.3, -0.25) is 9.59 Å². The molecule has 0 aromatic heterocycles. The van der Waals surface area contributed by atoms with Crippen LogP contribution in [-0.2, 0) is 16.0 Å². The molecule has 2 amide bonds. The average Bonchev–Trinajstić information content (AvgIpc) is 3.15. The SMILES string of the molecule is CCc1ccc(NC(=O)CCC(=O)N/N=C/c2ccc3c(c2)OCO3)cc1. The van der Waals surface area contributed by atoms with E-state index in [0.717, 1.165) is 17.7 Å². The summed E-state index contributed by atoms with van der Waals surface area (Å²) in [6, 6.07) is 13.0. The van der Waals surface area contributed by atoms with E-state index in [1.165, 1.54) is 11.8 Å². The van der Waals surface area contributed by atoms with Crippen LogP contribution in [-0.4, -0.2) is 24.8 Å². The lowest BCUT2D eigenvalue weighted by molar-refractivity contribution is -0.124. The molecule has 2 aromatic carbocycles. The Kier molecular flexibility index (Phi) is 6.04. The number of benzene rings is 2. The van der Waals surface area contributed by atoms with Crippen molar-refractivity contribution in [2.24, 2.45) is 5.10 Å². The molecule has 0 atom stereocenters. The second-order valence-electron chi connectivity index (χ2n) is 6.00. The van der Waals surface area contributed by atoms with Crippen molar-refractivity contribution in [2.45, 2.75) is 26.2 Å². The number of hydrogen-bond donors (Lipinski definition) is 2. The smallest absolute Gasteiger partial charge is 0.240 e. The van der Waals surface area contributed by atoms with Gasteiger partial charge in [0.05, 0.1) is 6.21 Å². The maximum absolute atomic E-state index is 11.9. The summed E-state index contributed by atoms with van der Waals surface area (Å²) in [7, 11) is 0. The van der Waals surface area contributed by atoms with Gasteiger partial charge in [0.2, 0.25) is 18.6 Å². The van der Waals surface area contributed by atoms with Crippen molar-refractivity contribution >= 4 is 23.7 Å². The lowest BCUT2D eigenvalue weighted by Crippen LogP contribution is -2.20. The first-order valence-electron chi connectivity index (χ1n) is 8.74. The fourth-order valence-corrected chi connectivity index (χ4v) is 2.50. The molecule has 7 heteroatoms. The zero-order valence-electron chi connectivity index (χ0n) is 15.0. The van der Waals surface area contributed by atoms with Gasteiger partial charge in [-0.1, -0.05) is 19.1 Å². The molecule has 1 aliphatic rings. The Morgan fingerprint density at radius 3 is 2.56 bits per heavy atom. The molecule has 0 unspecified atom stereocenters. The first-order chi connectivity index (χ1) is 13.1.